The number of rotatable bonds is 5. The second-order valence-electron chi connectivity index (χ2n) is 5.68. The lowest BCUT2D eigenvalue weighted by molar-refractivity contribution is -0.116. The molecule has 2 atom stereocenters. The highest BCUT2D eigenvalue weighted by atomic mass is 16.5. The number of hydrogen-bond acceptors (Lipinski definition) is 5. The second kappa shape index (κ2) is 6.85. The zero-order valence-corrected chi connectivity index (χ0v) is 12.3. The van der Waals surface area contributed by atoms with Crippen LogP contribution in [0.1, 0.15) is 31.9 Å². The topological polar surface area (TPSA) is 84.4 Å². The molecule has 1 aliphatic rings. The Balaban J connectivity index is 1.73. The Labute approximate surface area is 119 Å². The Morgan fingerprint density at radius 2 is 2.50 bits per heavy atom. The van der Waals surface area contributed by atoms with E-state index < -0.39 is 0 Å². The van der Waals surface area contributed by atoms with Crippen molar-refractivity contribution in [2.45, 2.75) is 39.2 Å². The van der Waals surface area contributed by atoms with Crippen molar-refractivity contribution in [2.75, 3.05) is 25.0 Å². The van der Waals surface area contributed by atoms with Crippen LogP contribution in [0, 0.1) is 12.8 Å². The molecule has 0 aromatic carbocycles. The molecule has 0 aliphatic carbocycles. The van der Waals surface area contributed by atoms with Gasteiger partial charge in [-0.3, -0.25) is 4.79 Å². The number of likely N-dealkylation sites (tertiary alicyclic amines) is 1. The average molecular weight is 280 g/mol. The predicted molar refractivity (Wildman–Crippen MR) is 77.3 cm³/mol. The Morgan fingerprint density at radius 1 is 1.70 bits per heavy atom. The highest BCUT2D eigenvalue weighted by Gasteiger charge is 2.22. The third-order valence-corrected chi connectivity index (χ3v) is 3.84. The van der Waals surface area contributed by atoms with E-state index in [4.69, 9.17) is 10.3 Å². The zero-order valence-electron chi connectivity index (χ0n) is 12.3. The lowest BCUT2D eigenvalue weighted by Gasteiger charge is -2.34. The Bertz CT molecular complexity index is 444. The molecule has 1 aromatic rings. The van der Waals surface area contributed by atoms with Gasteiger partial charge in [-0.2, -0.15) is 0 Å². The molecule has 2 rings (SSSR count). The summed E-state index contributed by atoms with van der Waals surface area (Å²) >= 11 is 0. The molecule has 1 amide bonds. The first-order valence-corrected chi connectivity index (χ1v) is 7.25. The van der Waals surface area contributed by atoms with E-state index in [0.717, 1.165) is 26.1 Å². The van der Waals surface area contributed by atoms with Gasteiger partial charge in [0.2, 0.25) is 5.91 Å². The van der Waals surface area contributed by atoms with Crippen molar-refractivity contribution in [3.63, 3.8) is 0 Å². The van der Waals surface area contributed by atoms with Crippen molar-refractivity contribution in [2.24, 2.45) is 11.7 Å². The summed E-state index contributed by atoms with van der Waals surface area (Å²) in [4.78, 5) is 14.2. The van der Waals surface area contributed by atoms with Gasteiger partial charge in [0.15, 0.2) is 5.82 Å². The van der Waals surface area contributed by atoms with Gasteiger partial charge in [-0.05, 0) is 39.2 Å². The van der Waals surface area contributed by atoms with Gasteiger partial charge in [0.1, 0.15) is 5.76 Å². The maximum Gasteiger partial charge on any atom is 0.226 e. The summed E-state index contributed by atoms with van der Waals surface area (Å²) in [5.74, 6) is 1.70. The molecule has 1 aromatic heterocycles. The monoisotopic (exact) mass is 280 g/mol. The van der Waals surface area contributed by atoms with Crippen molar-refractivity contribution in [3.05, 3.63) is 11.8 Å². The van der Waals surface area contributed by atoms with Crippen LogP contribution in [0.4, 0.5) is 5.82 Å². The fourth-order valence-electron chi connectivity index (χ4n) is 2.61. The Kier molecular flexibility index (Phi) is 5.14. The van der Waals surface area contributed by atoms with Crippen LogP contribution in [-0.4, -0.2) is 41.6 Å². The summed E-state index contributed by atoms with van der Waals surface area (Å²) in [6.07, 6.45) is 2.83. The van der Waals surface area contributed by atoms with Crippen LogP contribution in [0.25, 0.3) is 0 Å². The SMILES string of the molecule is Cc1cc(NC(=O)CCN2CCCC(C(C)N)C2)no1. The maximum atomic E-state index is 11.8. The summed E-state index contributed by atoms with van der Waals surface area (Å²) < 4.78 is 4.91. The first-order valence-electron chi connectivity index (χ1n) is 7.25. The van der Waals surface area contributed by atoms with Crippen LogP contribution in [0.15, 0.2) is 10.6 Å². The van der Waals surface area contributed by atoms with Gasteiger partial charge < -0.3 is 20.5 Å². The first-order chi connectivity index (χ1) is 9.54. The van der Waals surface area contributed by atoms with Crippen molar-refractivity contribution >= 4 is 11.7 Å². The molecule has 112 valence electrons. The molecule has 1 saturated heterocycles. The van der Waals surface area contributed by atoms with Crippen molar-refractivity contribution < 1.29 is 9.32 Å². The quantitative estimate of drug-likeness (QED) is 0.851. The number of piperidine rings is 1. The predicted octanol–water partition coefficient (Wildman–Crippen LogP) is 1.37. The summed E-state index contributed by atoms with van der Waals surface area (Å²) in [6.45, 7) is 6.68. The average Bonchev–Trinajstić information content (AvgIpc) is 2.82. The number of anilines is 1. The van der Waals surface area contributed by atoms with Gasteiger partial charge in [-0.25, -0.2) is 0 Å². The molecular formula is C14H24N4O2. The highest BCUT2D eigenvalue weighted by molar-refractivity contribution is 5.89. The normalized spacial score (nSPS) is 21.6. The standard InChI is InChI=1S/C14H24N4O2/c1-10-8-13(17-20-10)16-14(19)5-7-18-6-3-4-12(9-18)11(2)15/h8,11-12H,3-7,9,15H2,1-2H3,(H,16,17,19). The van der Waals surface area contributed by atoms with E-state index in [2.05, 4.69) is 22.3 Å². The molecule has 0 bridgehead atoms. The molecule has 2 unspecified atom stereocenters. The zero-order chi connectivity index (χ0) is 14.5. The second-order valence-corrected chi connectivity index (χ2v) is 5.68. The number of amides is 1. The summed E-state index contributed by atoms with van der Waals surface area (Å²) in [5.41, 5.74) is 5.97. The van der Waals surface area contributed by atoms with Crippen LogP contribution >= 0.6 is 0 Å². The molecular weight excluding hydrogens is 256 g/mol. The van der Waals surface area contributed by atoms with Crippen LogP contribution in [0.5, 0.6) is 0 Å². The van der Waals surface area contributed by atoms with Crippen molar-refractivity contribution in [1.29, 1.82) is 0 Å². The van der Waals surface area contributed by atoms with E-state index in [9.17, 15) is 4.79 Å². The number of hydrogen-bond donors (Lipinski definition) is 2. The molecule has 2 heterocycles. The molecule has 0 radical (unpaired) electrons. The van der Waals surface area contributed by atoms with Crippen LogP contribution in [0.3, 0.4) is 0 Å². The molecule has 0 saturated carbocycles. The molecule has 6 heteroatoms. The van der Waals surface area contributed by atoms with E-state index in [1.807, 2.05) is 0 Å². The Morgan fingerprint density at radius 3 is 3.15 bits per heavy atom. The van der Waals surface area contributed by atoms with Gasteiger partial charge in [-0.15, -0.1) is 0 Å². The van der Waals surface area contributed by atoms with Crippen LogP contribution in [-0.2, 0) is 4.79 Å². The van der Waals surface area contributed by atoms with Gasteiger partial charge in [0.25, 0.3) is 0 Å². The summed E-state index contributed by atoms with van der Waals surface area (Å²) in [5, 5.41) is 6.49. The van der Waals surface area contributed by atoms with E-state index in [0.29, 0.717) is 23.9 Å². The number of nitrogens with one attached hydrogen (secondary N) is 1. The van der Waals surface area contributed by atoms with Crippen molar-refractivity contribution in [1.82, 2.24) is 10.1 Å². The van der Waals surface area contributed by atoms with Crippen LogP contribution in [0.2, 0.25) is 0 Å². The summed E-state index contributed by atoms with van der Waals surface area (Å²) in [7, 11) is 0. The fourth-order valence-corrected chi connectivity index (χ4v) is 2.61. The van der Waals surface area contributed by atoms with E-state index in [1.165, 1.54) is 6.42 Å². The number of aryl methyl sites for hydroxylation is 1. The van der Waals surface area contributed by atoms with E-state index >= 15 is 0 Å². The number of nitrogens with two attached hydrogens (primary N) is 1. The maximum absolute atomic E-state index is 11.8. The minimum absolute atomic E-state index is 0.0266. The highest BCUT2D eigenvalue weighted by Crippen LogP contribution is 2.18. The smallest absolute Gasteiger partial charge is 0.226 e. The molecule has 20 heavy (non-hydrogen) atoms. The number of aromatic nitrogens is 1. The molecule has 0 spiro atoms. The third kappa shape index (κ3) is 4.31. The largest absolute Gasteiger partial charge is 0.360 e. The van der Waals surface area contributed by atoms with Crippen molar-refractivity contribution in [3.8, 4) is 0 Å². The minimum Gasteiger partial charge on any atom is -0.360 e. The lowest BCUT2D eigenvalue weighted by Crippen LogP contribution is -2.43. The van der Waals surface area contributed by atoms with Gasteiger partial charge >= 0.3 is 0 Å². The number of carbonyl (C=O) groups excluding carboxylic acids is 1. The lowest BCUT2D eigenvalue weighted by atomic mass is 9.92. The van der Waals surface area contributed by atoms with Gasteiger partial charge in [0, 0.05) is 31.6 Å². The molecule has 1 fully saturated rings. The molecule has 6 nitrogen and oxygen atoms in total. The van der Waals surface area contributed by atoms with E-state index in [-0.39, 0.29) is 11.9 Å². The number of carbonyl (C=O) groups is 1. The minimum atomic E-state index is -0.0266. The fraction of sp³-hybridized carbons (Fsp3) is 0.714. The van der Waals surface area contributed by atoms with Gasteiger partial charge in [0.05, 0.1) is 0 Å². The summed E-state index contributed by atoms with van der Waals surface area (Å²) in [6, 6.07) is 1.94. The first kappa shape index (κ1) is 15.0. The van der Waals surface area contributed by atoms with Crippen LogP contribution < -0.4 is 11.1 Å². The van der Waals surface area contributed by atoms with E-state index in [1.54, 1.807) is 13.0 Å². The molecule has 3 N–H and O–H groups in total. The third-order valence-electron chi connectivity index (χ3n) is 3.84. The number of nitrogens with zero attached hydrogens (tertiary/aromatic N) is 2. The van der Waals surface area contributed by atoms with Gasteiger partial charge in [-0.1, -0.05) is 5.16 Å². The Hall–Kier alpha value is -1.40. The molecule has 1 aliphatic heterocycles.